The van der Waals surface area contributed by atoms with Gasteiger partial charge < -0.3 is 16.4 Å². The van der Waals surface area contributed by atoms with Gasteiger partial charge in [-0.1, -0.05) is 30.3 Å². The first kappa shape index (κ1) is 21.0. The molecule has 2 aromatic carbocycles. The van der Waals surface area contributed by atoms with Crippen LogP contribution in [0, 0.1) is 11.6 Å². The van der Waals surface area contributed by atoms with Gasteiger partial charge in [0.25, 0.3) is 0 Å². The van der Waals surface area contributed by atoms with E-state index in [9.17, 15) is 23.2 Å². The number of halogens is 2. The highest BCUT2D eigenvalue weighted by molar-refractivity contribution is 5.91. The van der Waals surface area contributed by atoms with Crippen LogP contribution in [0.5, 0.6) is 0 Å². The van der Waals surface area contributed by atoms with Gasteiger partial charge in [-0.2, -0.15) is 0 Å². The van der Waals surface area contributed by atoms with Gasteiger partial charge in [-0.05, 0) is 29.3 Å². The lowest BCUT2D eigenvalue weighted by atomic mass is 10.0. The third-order valence-electron chi connectivity index (χ3n) is 4.09. The number of rotatable bonds is 8. The minimum atomic E-state index is -1.09. The summed E-state index contributed by atoms with van der Waals surface area (Å²) in [6.07, 6.45) is -0.0477. The van der Waals surface area contributed by atoms with Gasteiger partial charge in [-0.3, -0.25) is 14.4 Å². The molecule has 0 bridgehead atoms. The molecule has 0 saturated carbocycles. The van der Waals surface area contributed by atoms with E-state index in [1.165, 1.54) is 49.4 Å². The topological polar surface area (TPSA) is 101 Å². The number of carbonyl (C=O) groups excluding carboxylic acids is 3. The van der Waals surface area contributed by atoms with Crippen LogP contribution in [0.4, 0.5) is 8.78 Å². The first-order chi connectivity index (χ1) is 13.3. The number of amides is 3. The second-order valence-electron chi connectivity index (χ2n) is 6.34. The van der Waals surface area contributed by atoms with E-state index < -0.39 is 41.4 Å². The fourth-order valence-corrected chi connectivity index (χ4v) is 2.69. The SMILES string of the molecule is CC(=O)N[C@@H](Cc1ccccc1F)C(=O)N[C@H](Cc1ccc(F)cc1)C(N)=O. The third-order valence-corrected chi connectivity index (χ3v) is 4.09. The van der Waals surface area contributed by atoms with Crippen molar-refractivity contribution < 1.29 is 23.2 Å². The summed E-state index contributed by atoms with van der Waals surface area (Å²) in [5.41, 5.74) is 6.20. The molecule has 2 aromatic rings. The van der Waals surface area contributed by atoms with Crippen LogP contribution in [-0.2, 0) is 27.2 Å². The van der Waals surface area contributed by atoms with Gasteiger partial charge in [0.1, 0.15) is 23.7 Å². The predicted molar refractivity (Wildman–Crippen MR) is 98.9 cm³/mol. The van der Waals surface area contributed by atoms with Crippen LogP contribution < -0.4 is 16.4 Å². The molecule has 0 aliphatic heterocycles. The average Bonchev–Trinajstić information content (AvgIpc) is 2.63. The van der Waals surface area contributed by atoms with Crippen LogP contribution in [0.3, 0.4) is 0 Å². The van der Waals surface area contributed by atoms with E-state index in [-0.39, 0.29) is 18.4 Å². The van der Waals surface area contributed by atoms with E-state index in [2.05, 4.69) is 10.6 Å². The van der Waals surface area contributed by atoms with Gasteiger partial charge in [-0.25, -0.2) is 8.78 Å². The second-order valence-corrected chi connectivity index (χ2v) is 6.34. The number of hydrogen-bond donors (Lipinski definition) is 3. The largest absolute Gasteiger partial charge is 0.368 e. The zero-order valence-corrected chi connectivity index (χ0v) is 15.2. The van der Waals surface area contributed by atoms with Crippen molar-refractivity contribution in [3.8, 4) is 0 Å². The Morgan fingerprint density at radius 2 is 1.57 bits per heavy atom. The summed E-state index contributed by atoms with van der Waals surface area (Å²) < 4.78 is 26.9. The maximum absolute atomic E-state index is 13.9. The Bertz CT molecular complexity index is 856. The van der Waals surface area contributed by atoms with E-state index >= 15 is 0 Å². The number of carbonyl (C=O) groups is 3. The summed E-state index contributed by atoms with van der Waals surface area (Å²) >= 11 is 0. The van der Waals surface area contributed by atoms with Crippen molar-refractivity contribution in [1.29, 1.82) is 0 Å². The van der Waals surface area contributed by atoms with Gasteiger partial charge >= 0.3 is 0 Å². The minimum absolute atomic E-state index is 0.0494. The molecule has 28 heavy (non-hydrogen) atoms. The van der Waals surface area contributed by atoms with Crippen LogP contribution in [-0.4, -0.2) is 29.8 Å². The minimum Gasteiger partial charge on any atom is -0.368 e. The van der Waals surface area contributed by atoms with Crippen molar-refractivity contribution in [2.24, 2.45) is 5.73 Å². The maximum Gasteiger partial charge on any atom is 0.243 e. The molecule has 0 radical (unpaired) electrons. The molecule has 0 aromatic heterocycles. The van der Waals surface area contributed by atoms with Crippen LogP contribution in [0.1, 0.15) is 18.1 Å². The summed E-state index contributed by atoms with van der Waals surface area (Å²) in [6.45, 7) is 1.23. The Labute approximate surface area is 161 Å². The van der Waals surface area contributed by atoms with Gasteiger partial charge in [0.05, 0.1) is 0 Å². The van der Waals surface area contributed by atoms with Crippen molar-refractivity contribution in [3.05, 3.63) is 71.3 Å². The van der Waals surface area contributed by atoms with E-state index in [1.807, 2.05) is 0 Å². The van der Waals surface area contributed by atoms with E-state index in [0.717, 1.165) is 0 Å². The quantitative estimate of drug-likeness (QED) is 0.633. The first-order valence-electron chi connectivity index (χ1n) is 8.61. The number of nitrogens with one attached hydrogen (secondary N) is 2. The summed E-state index contributed by atoms with van der Waals surface area (Å²) in [7, 11) is 0. The van der Waals surface area contributed by atoms with Gasteiger partial charge in [0, 0.05) is 19.8 Å². The molecule has 0 heterocycles. The molecule has 4 N–H and O–H groups in total. The van der Waals surface area contributed by atoms with Crippen molar-refractivity contribution in [3.63, 3.8) is 0 Å². The molecular formula is C20H21F2N3O3. The van der Waals surface area contributed by atoms with E-state index in [4.69, 9.17) is 5.73 Å². The van der Waals surface area contributed by atoms with E-state index in [0.29, 0.717) is 5.56 Å². The van der Waals surface area contributed by atoms with Gasteiger partial charge in [0.15, 0.2) is 0 Å². The molecule has 6 nitrogen and oxygen atoms in total. The molecule has 0 aliphatic rings. The van der Waals surface area contributed by atoms with Crippen LogP contribution >= 0.6 is 0 Å². The Kier molecular flexibility index (Phi) is 7.20. The molecular weight excluding hydrogens is 368 g/mol. The number of nitrogens with two attached hydrogens (primary N) is 1. The molecule has 148 valence electrons. The zero-order chi connectivity index (χ0) is 20.7. The fraction of sp³-hybridized carbons (Fsp3) is 0.250. The van der Waals surface area contributed by atoms with E-state index in [1.54, 1.807) is 6.07 Å². The molecule has 0 fully saturated rings. The lowest BCUT2D eigenvalue weighted by Crippen LogP contribution is -2.54. The Hall–Kier alpha value is -3.29. The number of hydrogen-bond acceptors (Lipinski definition) is 3. The monoisotopic (exact) mass is 389 g/mol. The highest BCUT2D eigenvalue weighted by Gasteiger charge is 2.26. The first-order valence-corrected chi connectivity index (χ1v) is 8.61. The lowest BCUT2D eigenvalue weighted by Gasteiger charge is -2.22. The molecule has 3 amide bonds. The van der Waals surface area contributed by atoms with Crippen LogP contribution in [0.25, 0.3) is 0 Å². The van der Waals surface area contributed by atoms with Gasteiger partial charge in [0.2, 0.25) is 17.7 Å². The Balaban J connectivity index is 2.14. The molecule has 0 aliphatic carbocycles. The maximum atomic E-state index is 13.9. The molecule has 0 saturated heterocycles. The fourth-order valence-electron chi connectivity index (χ4n) is 2.69. The summed E-state index contributed by atoms with van der Waals surface area (Å²) in [5.74, 6) is -2.89. The normalized spacial score (nSPS) is 12.7. The highest BCUT2D eigenvalue weighted by Crippen LogP contribution is 2.11. The van der Waals surface area contributed by atoms with Crippen molar-refractivity contribution in [1.82, 2.24) is 10.6 Å². The molecule has 0 unspecified atom stereocenters. The zero-order valence-electron chi connectivity index (χ0n) is 15.2. The predicted octanol–water partition coefficient (Wildman–Crippen LogP) is 1.22. The van der Waals surface area contributed by atoms with Gasteiger partial charge in [-0.15, -0.1) is 0 Å². The van der Waals surface area contributed by atoms with Crippen molar-refractivity contribution >= 4 is 17.7 Å². The second kappa shape index (κ2) is 9.59. The Morgan fingerprint density at radius 1 is 0.929 bits per heavy atom. The summed E-state index contributed by atoms with van der Waals surface area (Å²) in [6, 6.07) is 9.12. The molecule has 0 spiro atoms. The standard InChI is InChI=1S/C20H21F2N3O3/c1-12(26)24-18(11-14-4-2-3-5-16(14)22)20(28)25-17(19(23)27)10-13-6-8-15(21)9-7-13/h2-9,17-18H,10-11H2,1H3,(H2,23,27)(H,24,26)(H,25,28)/t17-,18+/m1/s1. The lowest BCUT2D eigenvalue weighted by molar-refractivity contribution is -0.130. The van der Waals surface area contributed by atoms with Crippen molar-refractivity contribution in [2.75, 3.05) is 0 Å². The third kappa shape index (κ3) is 6.15. The average molecular weight is 389 g/mol. The van der Waals surface area contributed by atoms with Crippen LogP contribution in [0.2, 0.25) is 0 Å². The number of primary amides is 1. The van der Waals surface area contributed by atoms with Crippen molar-refractivity contribution in [2.45, 2.75) is 31.8 Å². The molecule has 2 rings (SSSR count). The highest BCUT2D eigenvalue weighted by atomic mass is 19.1. The smallest absolute Gasteiger partial charge is 0.243 e. The number of benzene rings is 2. The van der Waals surface area contributed by atoms with Crippen LogP contribution in [0.15, 0.2) is 48.5 Å². The molecule has 8 heteroatoms. The summed E-state index contributed by atoms with van der Waals surface area (Å²) in [4.78, 5) is 35.9. The molecule has 2 atom stereocenters. The summed E-state index contributed by atoms with van der Waals surface area (Å²) in [5, 5.41) is 4.93. The Morgan fingerprint density at radius 3 is 2.14 bits per heavy atom.